The van der Waals surface area contributed by atoms with Gasteiger partial charge in [0, 0.05) is 6.54 Å². The fourth-order valence-corrected chi connectivity index (χ4v) is 1.57. The van der Waals surface area contributed by atoms with Crippen molar-refractivity contribution in [2.45, 2.75) is 26.5 Å². The first-order valence-corrected chi connectivity index (χ1v) is 5.04. The van der Waals surface area contributed by atoms with Crippen LogP contribution < -0.4 is 5.73 Å². The Balaban J connectivity index is 2.68. The second kappa shape index (κ2) is 4.63. The van der Waals surface area contributed by atoms with Gasteiger partial charge in [-0.05, 0) is 27.9 Å². The Morgan fingerprint density at radius 2 is 2.07 bits per heavy atom. The summed E-state index contributed by atoms with van der Waals surface area (Å²) in [4.78, 5) is 1.94. The van der Waals surface area contributed by atoms with Crippen molar-refractivity contribution < 1.29 is 5.11 Å². The summed E-state index contributed by atoms with van der Waals surface area (Å²) in [6.07, 6.45) is -0.419. The molecular weight excluding hydrogens is 192 g/mol. The molecule has 1 unspecified atom stereocenters. The van der Waals surface area contributed by atoms with Crippen molar-refractivity contribution >= 4 is 5.69 Å². The predicted molar refractivity (Wildman–Crippen MR) is 60.7 cm³/mol. The molecule has 15 heavy (non-hydrogen) atoms. The Morgan fingerprint density at radius 1 is 1.47 bits per heavy atom. The molecule has 0 amide bonds. The van der Waals surface area contributed by atoms with Gasteiger partial charge in [0.2, 0.25) is 0 Å². The number of likely N-dealkylation sites (N-methyl/N-ethyl adjacent to an activating group) is 1. The third-order valence-corrected chi connectivity index (χ3v) is 2.40. The van der Waals surface area contributed by atoms with E-state index in [4.69, 9.17) is 5.73 Å². The number of aromatic nitrogens is 2. The van der Waals surface area contributed by atoms with E-state index < -0.39 is 6.10 Å². The number of nitrogens with two attached hydrogens (primary N) is 1. The summed E-state index contributed by atoms with van der Waals surface area (Å²) in [6.45, 7) is 4.90. The molecule has 0 aliphatic rings. The fourth-order valence-electron chi connectivity index (χ4n) is 1.57. The molecule has 0 spiro atoms. The van der Waals surface area contributed by atoms with Crippen LogP contribution >= 0.6 is 0 Å². The van der Waals surface area contributed by atoms with Crippen LogP contribution in [0.4, 0.5) is 5.69 Å². The average molecular weight is 212 g/mol. The smallest absolute Gasteiger partial charge is 0.0862 e. The second-order valence-corrected chi connectivity index (χ2v) is 4.18. The first-order chi connectivity index (χ1) is 6.91. The van der Waals surface area contributed by atoms with Gasteiger partial charge >= 0.3 is 0 Å². The van der Waals surface area contributed by atoms with Crippen LogP contribution in [0.25, 0.3) is 0 Å². The first kappa shape index (κ1) is 12.0. The monoisotopic (exact) mass is 212 g/mol. The molecule has 5 nitrogen and oxygen atoms in total. The molecule has 1 aromatic heterocycles. The zero-order chi connectivity index (χ0) is 11.6. The Kier molecular flexibility index (Phi) is 3.71. The lowest BCUT2D eigenvalue weighted by Gasteiger charge is -2.16. The van der Waals surface area contributed by atoms with Gasteiger partial charge < -0.3 is 15.7 Å². The van der Waals surface area contributed by atoms with Gasteiger partial charge in [-0.1, -0.05) is 0 Å². The average Bonchev–Trinajstić information content (AvgIpc) is 2.32. The minimum Gasteiger partial charge on any atom is -0.396 e. The van der Waals surface area contributed by atoms with Crippen molar-refractivity contribution in [1.82, 2.24) is 14.7 Å². The maximum atomic E-state index is 9.75. The van der Waals surface area contributed by atoms with Crippen LogP contribution in [0.5, 0.6) is 0 Å². The highest BCUT2D eigenvalue weighted by molar-refractivity contribution is 5.46. The van der Waals surface area contributed by atoms with Crippen LogP contribution in [0.3, 0.4) is 0 Å². The largest absolute Gasteiger partial charge is 0.396 e. The number of nitrogens with zero attached hydrogens (tertiary/aromatic N) is 3. The molecule has 0 saturated carbocycles. The number of anilines is 1. The van der Waals surface area contributed by atoms with E-state index in [1.807, 2.05) is 32.8 Å². The van der Waals surface area contributed by atoms with E-state index in [1.54, 1.807) is 4.68 Å². The quantitative estimate of drug-likeness (QED) is 0.737. The maximum absolute atomic E-state index is 9.75. The van der Waals surface area contributed by atoms with E-state index in [1.165, 1.54) is 0 Å². The summed E-state index contributed by atoms with van der Waals surface area (Å²) in [7, 11) is 3.86. The SMILES string of the molecule is Cc1nn(CC(O)CN(C)C)c(C)c1N. The lowest BCUT2D eigenvalue weighted by atomic mass is 10.3. The lowest BCUT2D eigenvalue weighted by Crippen LogP contribution is -2.30. The van der Waals surface area contributed by atoms with Gasteiger partial charge in [0.15, 0.2) is 0 Å². The van der Waals surface area contributed by atoms with E-state index in [0.29, 0.717) is 18.8 Å². The molecular formula is C10H20N4O. The minimum atomic E-state index is -0.419. The molecule has 5 heteroatoms. The Morgan fingerprint density at radius 3 is 2.47 bits per heavy atom. The number of aryl methyl sites for hydroxylation is 1. The summed E-state index contributed by atoms with van der Waals surface area (Å²) < 4.78 is 1.76. The summed E-state index contributed by atoms with van der Waals surface area (Å²) >= 11 is 0. The highest BCUT2D eigenvalue weighted by Crippen LogP contribution is 2.14. The minimum absolute atomic E-state index is 0.419. The van der Waals surface area contributed by atoms with E-state index in [0.717, 1.165) is 11.4 Å². The summed E-state index contributed by atoms with van der Waals surface area (Å²) in [6, 6.07) is 0. The van der Waals surface area contributed by atoms with Crippen molar-refractivity contribution in [2.24, 2.45) is 0 Å². The van der Waals surface area contributed by atoms with Crippen molar-refractivity contribution in [1.29, 1.82) is 0 Å². The van der Waals surface area contributed by atoms with Crippen molar-refractivity contribution in [3.8, 4) is 0 Å². The number of aliphatic hydroxyl groups excluding tert-OH is 1. The molecule has 1 atom stereocenters. The Hall–Kier alpha value is -1.07. The molecule has 1 aromatic rings. The topological polar surface area (TPSA) is 67.3 Å². The maximum Gasteiger partial charge on any atom is 0.0862 e. The van der Waals surface area contributed by atoms with Crippen LogP contribution in [0.15, 0.2) is 0 Å². The van der Waals surface area contributed by atoms with Gasteiger partial charge in [0.25, 0.3) is 0 Å². The first-order valence-electron chi connectivity index (χ1n) is 5.04. The molecule has 0 bridgehead atoms. The van der Waals surface area contributed by atoms with Crippen LogP contribution in [-0.2, 0) is 6.54 Å². The van der Waals surface area contributed by atoms with Crippen molar-refractivity contribution in [3.05, 3.63) is 11.4 Å². The van der Waals surface area contributed by atoms with E-state index in [-0.39, 0.29) is 0 Å². The number of aliphatic hydroxyl groups is 1. The summed E-state index contributed by atoms with van der Waals surface area (Å²) in [5.41, 5.74) is 8.26. The van der Waals surface area contributed by atoms with Gasteiger partial charge in [0.05, 0.1) is 29.7 Å². The van der Waals surface area contributed by atoms with Gasteiger partial charge in [-0.25, -0.2) is 0 Å². The van der Waals surface area contributed by atoms with Crippen molar-refractivity contribution in [3.63, 3.8) is 0 Å². The van der Waals surface area contributed by atoms with E-state index >= 15 is 0 Å². The van der Waals surface area contributed by atoms with E-state index in [2.05, 4.69) is 5.10 Å². The standard InChI is InChI=1S/C10H20N4O/c1-7-10(11)8(2)14(12-7)6-9(15)5-13(3)4/h9,15H,5-6,11H2,1-4H3. The number of rotatable bonds is 4. The summed E-state index contributed by atoms with van der Waals surface area (Å²) in [5, 5.41) is 14.0. The third kappa shape index (κ3) is 2.94. The molecule has 3 N–H and O–H groups in total. The molecule has 0 radical (unpaired) electrons. The number of hydrogen-bond donors (Lipinski definition) is 2. The predicted octanol–water partition coefficient (Wildman–Crippen LogP) is 0.00464. The zero-order valence-electron chi connectivity index (χ0n) is 9.86. The van der Waals surface area contributed by atoms with Gasteiger partial charge in [-0.15, -0.1) is 0 Å². The Bertz CT molecular complexity index is 332. The number of hydrogen-bond acceptors (Lipinski definition) is 4. The van der Waals surface area contributed by atoms with Crippen LogP contribution in [0.1, 0.15) is 11.4 Å². The van der Waals surface area contributed by atoms with E-state index in [9.17, 15) is 5.11 Å². The van der Waals surface area contributed by atoms with Crippen LogP contribution in [0, 0.1) is 13.8 Å². The molecule has 1 rings (SSSR count). The second-order valence-electron chi connectivity index (χ2n) is 4.18. The molecule has 0 saturated heterocycles. The zero-order valence-corrected chi connectivity index (χ0v) is 9.86. The highest BCUT2D eigenvalue weighted by atomic mass is 16.3. The fraction of sp³-hybridized carbons (Fsp3) is 0.700. The van der Waals surface area contributed by atoms with Gasteiger partial charge in [0.1, 0.15) is 0 Å². The highest BCUT2D eigenvalue weighted by Gasteiger charge is 2.12. The Labute approximate surface area is 90.5 Å². The third-order valence-electron chi connectivity index (χ3n) is 2.40. The van der Waals surface area contributed by atoms with Gasteiger partial charge in [-0.3, -0.25) is 4.68 Å². The molecule has 0 aliphatic carbocycles. The molecule has 0 aromatic carbocycles. The van der Waals surface area contributed by atoms with Crippen LogP contribution in [0.2, 0.25) is 0 Å². The lowest BCUT2D eigenvalue weighted by molar-refractivity contribution is 0.115. The molecule has 0 aliphatic heterocycles. The number of nitrogen functional groups attached to an aromatic ring is 1. The summed E-state index contributed by atoms with van der Waals surface area (Å²) in [5.74, 6) is 0. The van der Waals surface area contributed by atoms with Crippen LogP contribution in [-0.4, -0.2) is 46.5 Å². The molecule has 86 valence electrons. The van der Waals surface area contributed by atoms with Crippen molar-refractivity contribution in [2.75, 3.05) is 26.4 Å². The normalized spacial score (nSPS) is 13.5. The van der Waals surface area contributed by atoms with Gasteiger partial charge in [-0.2, -0.15) is 5.10 Å². The molecule has 0 fully saturated rings. The molecule has 1 heterocycles.